The van der Waals surface area contributed by atoms with Crippen LogP contribution in [-0.4, -0.2) is 54.3 Å². The minimum absolute atomic E-state index is 0.0400. The summed E-state index contributed by atoms with van der Waals surface area (Å²) in [5.41, 5.74) is 1.30. The Bertz CT molecular complexity index is 1440. The zero-order chi connectivity index (χ0) is 25.4. The highest BCUT2D eigenvalue weighted by atomic mass is 35.5. The third kappa shape index (κ3) is 4.34. The van der Waals surface area contributed by atoms with Crippen LogP contribution in [0.5, 0.6) is 17.2 Å². The van der Waals surface area contributed by atoms with Crippen molar-refractivity contribution in [3.05, 3.63) is 47.3 Å². The van der Waals surface area contributed by atoms with Crippen molar-refractivity contribution >= 4 is 45.6 Å². The average molecular weight is 507 g/mol. The van der Waals surface area contributed by atoms with E-state index in [4.69, 9.17) is 25.8 Å². The largest absolute Gasteiger partial charge is 0.494 e. The molecule has 1 aromatic heterocycles. The first-order chi connectivity index (χ1) is 17.3. The van der Waals surface area contributed by atoms with Gasteiger partial charge in [-0.05, 0) is 39.1 Å². The van der Waals surface area contributed by atoms with Gasteiger partial charge in [-0.2, -0.15) is 5.26 Å². The predicted octanol–water partition coefficient (Wildman–Crippen LogP) is 4.25. The molecule has 184 valence electrons. The van der Waals surface area contributed by atoms with Crippen LogP contribution in [0, 0.1) is 11.3 Å². The van der Waals surface area contributed by atoms with Crippen LogP contribution >= 0.6 is 11.6 Å². The highest BCUT2D eigenvalue weighted by molar-refractivity contribution is 6.33. The van der Waals surface area contributed by atoms with Crippen LogP contribution in [0.3, 0.4) is 0 Å². The fourth-order valence-electron chi connectivity index (χ4n) is 4.05. The van der Waals surface area contributed by atoms with Crippen molar-refractivity contribution in [2.75, 3.05) is 38.6 Å². The summed E-state index contributed by atoms with van der Waals surface area (Å²) < 4.78 is 16.3. The molecule has 0 bridgehead atoms. The van der Waals surface area contributed by atoms with Gasteiger partial charge in [0, 0.05) is 29.1 Å². The molecule has 0 atom stereocenters. The third-order valence-corrected chi connectivity index (χ3v) is 6.66. The second kappa shape index (κ2) is 9.18. The quantitative estimate of drug-likeness (QED) is 0.357. The Morgan fingerprint density at radius 2 is 1.94 bits per heavy atom. The van der Waals surface area contributed by atoms with Gasteiger partial charge in [-0.3, -0.25) is 4.79 Å². The van der Waals surface area contributed by atoms with Gasteiger partial charge in [-0.1, -0.05) is 11.6 Å². The molecule has 36 heavy (non-hydrogen) atoms. The van der Waals surface area contributed by atoms with E-state index in [2.05, 4.69) is 20.6 Å². The number of rotatable bonds is 7. The van der Waals surface area contributed by atoms with E-state index in [1.54, 1.807) is 30.3 Å². The lowest BCUT2D eigenvalue weighted by atomic mass is 10.1. The minimum Gasteiger partial charge on any atom is -0.494 e. The van der Waals surface area contributed by atoms with E-state index in [0.29, 0.717) is 50.4 Å². The molecule has 0 saturated heterocycles. The summed E-state index contributed by atoms with van der Waals surface area (Å²) in [4.78, 5) is 23.8. The number of carbonyl (C=O) groups excluding carboxylic acids is 1. The van der Waals surface area contributed by atoms with Crippen molar-refractivity contribution in [1.82, 2.24) is 14.9 Å². The van der Waals surface area contributed by atoms with Crippen molar-refractivity contribution in [3.63, 3.8) is 0 Å². The second-order valence-electron chi connectivity index (χ2n) is 8.72. The zero-order valence-electron chi connectivity index (χ0n) is 19.9. The summed E-state index contributed by atoms with van der Waals surface area (Å²) in [7, 11) is 5.36. The number of carbonyl (C=O) groups is 1. The number of hydrogen-bond acceptors (Lipinski definition) is 9. The highest BCUT2D eigenvalue weighted by Crippen LogP contribution is 2.43. The standard InChI is InChI=1S/C25H23ClN6O4/c1-32(2)25(4-5-25)10-14(11-27)24(33)31-19-6-15-17(8-20(19)34-3)28-12-29-23(15)30-18-9-22-21(7-16(18)26)35-13-36-22/h6-10,12H,4-5,13H2,1-3H3,(H,31,33)(H,28,29,30). The molecule has 0 spiro atoms. The molecule has 0 unspecified atom stereocenters. The monoisotopic (exact) mass is 506 g/mol. The number of fused-ring (bicyclic) bond motifs is 2. The molecule has 5 rings (SSSR count). The fraction of sp³-hybridized carbons (Fsp3) is 0.280. The van der Waals surface area contributed by atoms with Crippen molar-refractivity contribution in [1.29, 1.82) is 5.26 Å². The van der Waals surface area contributed by atoms with Gasteiger partial charge in [0.25, 0.3) is 5.91 Å². The van der Waals surface area contributed by atoms with Crippen LogP contribution in [0.15, 0.2) is 42.2 Å². The zero-order valence-corrected chi connectivity index (χ0v) is 20.6. The SMILES string of the molecule is COc1cc2ncnc(Nc3cc4c(cc3Cl)OCO4)c2cc1NC(=O)C(C#N)=CC1(N(C)C)CC1. The summed E-state index contributed by atoms with van der Waals surface area (Å²) in [6.07, 6.45) is 4.93. The molecule has 3 aromatic rings. The van der Waals surface area contributed by atoms with Gasteiger partial charge >= 0.3 is 0 Å². The topological polar surface area (TPSA) is 122 Å². The molecule has 1 aliphatic carbocycles. The molecule has 2 N–H and O–H groups in total. The Morgan fingerprint density at radius 1 is 1.19 bits per heavy atom. The van der Waals surface area contributed by atoms with Gasteiger partial charge in [0.2, 0.25) is 6.79 Å². The van der Waals surface area contributed by atoms with E-state index in [1.807, 2.05) is 25.1 Å². The summed E-state index contributed by atoms with van der Waals surface area (Å²) in [6, 6.07) is 8.81. The Labute approximate surface area is 212 Å². The number of likely N-dealkylation sites (N-methyl/N-ethyl adjacent to an activating group) is 1. The number of nitrogens with zero attached hydrogens (tertiary/aromatic N) is 4. The smallest absolute Gasteiger partial charge is 0.266 e. The number of aromatic nitrogens is 2. The molecular formula is C25H23ClN6O4. The van der Waals surface area contributed by atoms with Gasteiger partial charge in [-0.25, -0.2) is 9.97 Å². The minimum atomic E-state index is -0.520. The van der Waals surface area contributed by atoms with Crippen molar-refractivity contribution in [2.45, 2.75) is 18.4 Å². The summed E-state index contributed by atoms with van der Waals surface area (Å²) in [5, 5.41) is 16.7. The lowest BCUT2D eigenvalue weighted by Crippen LogP contribution is -2.29. The number of hydrogen-bond donors (Lipinski definition) is 2. The molecule has 10 nitrogen and oxygen atoms in total. The van der Waals surface area contributed by atoms with Crippen molar-refractivity contribution < 1.29 is 19.0 Å². The molecule has 0 radical (unpaired) electrons. The molecule has 2 heterocycles. The normalized spacial score (nSPS) is 15.5. The number of nitrogens with one attached hydrogen (secondary N) is 2. The number of ether oxygens (including phenoxy) is 3. The van der Waals surface area contributed by atoms with E-state index in [1.165, 1.54) is 13.4 Å². The molecule has 11 heteroatoms. The molecule has 1 saturated carbocycles. The van der Waals surface area contributed by atoms with Gasteiger partial charge < -0.3 is 29.7 Å². The fourth-order valence-corrected chi connectivity index (χ4v) is 4.25. The van der Waals surface area contributed by atoms with E-state index in [0.717, 1.165) is 12.8 Å². The van der Waals surface area contributed by atoms with Crippen molar-refractivity contribution in [3.8, 4) is 23.3 Å². The first-order valence-electron chi connectivity index (χ1n) is 11.1. The Hall–Kier alpha value is -4.07. The van der Waals surface area contributed by atoms with Crippen LogP contribution < -0.4 is 24.8 Å². The number of halogens is 1. The number of amides is 1. The number of methoxy groups -OCH3 is 1. The first kappa shape index (κ1) is 23.7. The van der Waals surface area contributed by atoms with Crippen LogP contribution in [-0.2, 0) is 4.79 Å². The summed E-state index contributed by atoms with van der Waals surface area (Å²) >= 11 is 6.43. The van der Waals surface area contributed by atoms with E-state index in [9.17, 15) is 10.1 Å². The highest BCUT2D eigenvalue weighted by Gasteiger charge is 2.43. The summed E-state index contributed by atoms with van der Waals surface area (Å²) in [6.45, 7) is 0.128. The lowest BCUT2D eigenvalue weighted by Gasteiger charge is -2.20. The van der Waals surface area contributed by atoms with Gasteiger partial charge in [0.05, 0.1) is 29.0 Å². The Morgan fingerprint density at radius 3 is 2.61 bits per heavy atom. The molecule has 1 amide bonds. The predicted molar refractivity (Wildman–Crippen MR) is 135 cm³/mol. The molecule has 2 aliphatic rings. The maximum absolute atomic E-state index is 13.0. The maximum atomic E-state index is 13.0. The van der Waals surface area contributed by atoms with E-state index < -0.39 is 5.91 Å². The maximum Gasteiger partial charge on any atom is 0.266 e. The Balaban J connectivity index is 1.49. The molecule has 1 aliphatic heterocycles. The molecule has 1 fully saturated rings. The lowest BCUT2D eigenvalue weighted by molar-refractivity contribution is -0.112. The average Bonchev–Trinajstić information content (AvgIpc) is 3.53. The van der Waals surface area contributed by atoms with E-state index >= 15 is 0 Å². The van der Waals surface area contributed by atoms with Gasteiger partial charge in [0.15, 0.2) is 11.5 Å². The second-order valence-corrected chi connectivity index (χ2v) is 9.13. The number of benzene rings is 2. The molecule has 2 aromatic carbocycles. The third-order valence-electron chi connectivity index (χ3n) is 6.35. The molecular weight excluding hydrogens is 484 g/mol. The van der Waals surface area contributed by atoms with Gasteiger partial charge in [0.1, 0.15) is 29.5 Å². The van der Waals surface area contributed by atoms with Crippen LogP contribution in [0.4, 0.5) is 17.2 Å². The number of anilines is 3. The van der Waals surface area contributed by atoms with Crippen LogP contribution in [0.25, 0.3) is 10.9 Å². The Kier molecular flexibility index (Phi) is 6.04. The van der Waals surface area contributed by atoms with Crippen molar-refractivity contribution in [2.24, 2.45) is 0 Å². The van der Waals surface area contributed by atoms with Crippen LogP contribution in [0.2, 0.25) is 5.02 Å². The summed E-state index contributed by atoms with van der Waals surface area (Å²) in [5.74, 6) is 1.47. The first-order valence-corrected chi connectivity index (χ1v) is 11.5. The number of nitriles is 1. The van der Waals surface area contributed by atoms with Gasteiger partial charge in [-0.15, -0.1) is 0 Å². The van der Waals surface area contributed by atoms with E-state index in [-0.39, 0.29) is 17.9 Å². The van der Waals surface area contributed by atoms with Crippen LogP contribution in [0.1, 0.15) is 12.8 Å².